The van der Waals surface area contributed by atoms with Gasteiger partial charge in [-0.15, -0.1) is 24.0 Å². The van der Waals surface area contributed by atoms with E-state index in [1.54, 1.807) is 18.3 Å². The highest BCUT2D eigenvalue weighted by Crippen LogP contribution is 2.12. The molecule has 0 saturated heterocycles. The summed E-state index contributed by atoms with van der Waals surface area (Å²) >= 11 is 0. The Bertz CT molecular complexity index is 912. The van der Waals surface area contributed by atoms with Gasteiger partial charge in [0, 0.05) is 37.1 Å². The minimum absolute atomic E-state index is 0. The molecule has 0 aliphatic rings. The number of anilines is 1. The van der Waals surface area contributed by atoms with Crippen molar-refractivity contribution in [3.63, 3.8) is 0 Å². The monoisotopic (exact) mass is 519 g/mol. The molecule has 3 aromatic rings. The van der Waals surface area contributed by atoms with E-state index in [0.29, 0.717) is 12.2 Å². The molecule has 1 amide bonds. The maximum Gasteiger partial charge on any atom is 0.291 e. The zero-order chi connectivity index (χ0) is 20.3. The van der Waals surface area contributed by atoms with Crippen molar-refractivity contribution in [3.8, 4) is 0 Å². The van der Waals surface area contributed by atoms with Crippen LogP contribution in [0.1, 0.15) is 28.7 Å². The highest BCUT2D eigenvalue weighted by atomic mass is 127. The molecule has 0 radical (unpaired) electrons. The minimum Gasteiger partial charge on any atom is -0.459 e. The van der Waals surface area contributed by atoms with Gasteiger partial charge in [0.15, 0.2) is 11.7 Å². The Hall–Kier alpha value is -2.88. The Kier molecular flexibility index (Phi) is 9.85. The number of nitrogens with one attached hydrogen (secondary N) is 3. The summed E-state index contributed by atoms with van der Waals surface area (Å²) in [4.78, 5) is 20.9. The van der Waals surface area contributed by atoms with Crippen LogP contribution < -0.4 is 16.0 Å². The smallest absolute Gasteiger partial charge is 0.291 e. The van der Waals surface area contributed by atoms with Crippen LogP contribution in [0.5, 0.6) is 0 Å². The molecule has 0 fully saturated rings. The summed E-state index contributed by atoms with van der Waals surface area (Å²) in [5, 5.41) is 9.37. The Labute approximate surface area is 193 Å². The molecule has 0 spiro atoms. The van der Waals surface area contributed by atoms with Crippen LogP contribution in [0.25, 0.3) is 0 Å². The lowest BCUT2D eigenvalue weighted by Crippen LogP contribution is -2.38. The number of benzene rings is 1. The number of hydrogen-bond acceptors (Lipinski definition) is 4. The third-order valence-electron chi connectivity index (χ3n) is 4.12. The predicted octanol–water partition coefficient (Wildman–Crippen LogP) is 3.84. The summed E-state index contributed by atoms with van der Waals surface area (Å²) in [5.41, 5.74) is 2.80. The second-order valence-electron chi connectivity index (χ2n) is 6.32. The fraction of sp³-hybridized carbons (Fsp3) is 0.227. The highest BCUT2D eigenvalue weighted by Gasteiger charge is 2.08. The number of pyridine rings is 1. The molecule has 7 nitrogen and oxygen atoms in total. The van der Waals surface area contributed by atoms with Crippen molar-refractivity contribution in [1.82, 2.24) is 15.6 Å². The number of aliphatic imine (C=N–C) groups is 1. The molecule has 0 unspecified atom stereocenters. The average Bonchev–Trinajstić information content (AvgIpc) is 3.29. The van der Waals surface area contributed by atoms with Gasteiger partial charge < -0.3 is 20.4 Å². The molecule has 0 saturated carbocycles. The van der Waals surface area contributed by atoms with Crippen molar-refractivity contribution in [2.75, 3.05) is 18.4 Å². The Morgan fingerprint density at radius 2 is 1.90 bits per heavy atom. The van der Waals surface area contributed by atoms with Crippen molar-refractivity contribution >= 4 is 41.5 Å². The summed E-state index contributed by atoms with van der Waals surface area (Å²) in [6.45, 7) is 4.10. The molecule has 1 aromatic carbocycles. The van der Waals surface area contributed by atoms with Gasteiger partial charge >= 0.3 is 0 Å². The lowest BCUT2D eigenvalue weighted by Gasteiger charge is -2.11. The van der Waals surface area contributed by atoms with Crippen LogP contribution in [0.2, 0.25) is 0 Å². The third-order valence-corrected chi connectivity index (χ3v) is 4.12. The third kappa shape index (κ3) is 7.51. The number of hydrogen-bond donors (Lipinski definition) is 3. The number of carbonyl (C=O) groups is 1. The quantitative estimate of drug-likeness (QED) is 0.239. The van der Waals surface area contributed by atoms with Crippen LogP contribution in [0.3, 0.4) is 0 Å². The summed E-state index contributed by atoms with van der Waals surface area (Å²) in [6, 6.07) is 16.8. The lowest BCUT2D eigenvalue weighted by atomic mass is 10.2. The van der Waals surface area contributed by atoms with Crippen LogP contribution in [0.15, 0.2) is 76.5 Å². The van der Waals surface area contributed by atoms with E-state index >= 15 is 0 Å². The first-order chi connectivity index (χ1) is 14.2. The second kappa shape index (κ2) is 12.6. The van der Waals surface area contributed by atoms with Gasteiger partial charge in [-0.1, -0.05) is 18.2 Å². The van der Waals surface area contributed by atoms with Crippen LogP contribution >= 0.6 is 24.0 Å². The SMILES string of the molecule is CCNC(=NCc1ccc(NC(=O)c2ccco2)cc1)NCCc1ccccn1.I. The van der Waals surface area contributed by atoms with Gasteiger partial charge in [-0.2, -0.15) is 0 Å². The Morgan fingerprint density at radius 1 is 1.07 bits per heavy atom. The number of nitrogens with zero attached hydrogens (tertiary/aromatic N) is 2. The number of aromatic nitrogens is 1. The van der Waals surface area contributed by atoms with E-state index in [2.05, 4.69) is 25.9 Å². The molecule has 2 heterocycles. The fourth-order valence-electron chi connectivity index (χ4n) is 2.66. The van der Waals surface area contributed by atoms with Crippen molar-refractivity contribution in [2.45, 2.75) is 19.9 Å². The van der Waals surface area contributed by atoms with E-state index in [4.69, 9.17) is 4.42 Å². The van der Waals surface area contributed by atoms with Gasteiger partial charge in [0.05, 0.1) is 12.8 Å². The highest BCUT2D eigenvalue weighted by molar-refractivity contribution is 14.0. The molecule has 8 heteroatoms. The largest absolute Gasteiger partial charge is 0.459 e. The average molecular weight is 519 g/mol. The molecule has 0 aliphatic heterocycles. The standard InChI is InChI=1S/C22H25N5O2.HI/c1-2-23-22(25-14-12-18-6-3-4-13-24-18)26-16-17-8-10-19(11-9-17)27-21(28)20-7-5-15-29-20;/h3-11,13,15H,2,12,14,16H2,1H3,(H,27,28)(H2,23,25,26);1H. The van der Waals surface area contributed by atoms with Crippen LogP contribution in [-0.2, 0) is 13.0 Å². The van der Waals surface area contributed by atoms with Gasteiger partial charge in [0.1, 0.15) is 0 Å². The van der Waals surface area contributed by atoms with E-state index < -0.39 is 0 Å². The van der Waals surface area contributed by atoms with Gasteiger partial charge in [-0.05, 0) is 48.9 Å². The first kappa shape index (κ1) is 23.4. The van der Waals surface area contributed by atoms with Crippen molar-refractivity contribution < 1.29 is 9.21 Å². The van der Waals surface area contributed by atoms with Crippen LogP contribution in [0.4, 0.5) is 5.69 Å². The summed E-state index contributed by atoms with van der Waals surface area (Å²) in [5.74, 6) is 0.775. The number of rotatable bonds is 8. The van der Waals surface area contributed by atoms with E-state index in [1.807, 2.05) is 49.4 Å². The van der Waals surface area contributed by atoms with Gasteiger partial charge in [0.2, 0.25) is 0 Å². The van der Waals surface area contributed by atoms with E-state index in [9.17, 15) is 4.79 Å². The maximum absolute atomic E-state index is 12.0. The number of amides is 1. The molecule has 3 rings (SSSR count). The number of carbonyl (C=O) groups excluding carboxylic acids is 1. The number of halogens is 1. The van der Waals surface area contributed by atoms with E-state index in [0.717, 1.165) is 36.7 Å². The first-order valence-electron chi connectivity index (χ1n) is 9.60. The van der Waals surface area contributed by atoms with Gasteiger partial charge in [-0.25, -0.2) is 4.99 Å². The first-order valence-corrected chi connectivity index (χ1v) is 9.60. The van der Waals surface area contributed by atoms with Gasteiger partial charge in [0.25, 0.3) is 5.91 Å². The maximum atomic E-state index is 12.0. The van der Waals surface area contributed by atoms with Crippen LogP contribution in [-0.4, -0.2) is 29.9 Å². The predicted molar refractivity (Wildman–Crippen MR) is 129 cm³/mol. The summed E-state index contributed by atoms with van der Waals surface area (Å²) in [7, 11) is 0. The molecule has 0 bridgehead atoms. The second-order valence-corrected chi connectivity index (χ2v) is 6.32. The van der Waals surface area contributed by atoms with Gasteiger partial charge in [-0.3, -0.25) is 9.78 Å². The molecule has 0 atom stereocenters. The zero-order valence-electron chi connectivity index (χ0n) is 16.8. The molecule has 0 aliphatic carbocycles. The number of furan rings is 1. The molecule has 2 aromatic heterocycles. The molecule has 158 valence electrons. The van der Waals surface area contributed by atoms with Crippen LogP contribution in [0, 0.1) is 0 Å². The zero-order valence-corrected chi connectivity index (χ0v) is 19.1. The lowest BCUT2D eigenvalue weighted by molar-refractivity contribution is 0.0996. The molecule has 30 heavy (non-hydrogen) atoms. The van der Waals surface area contributed by atoms with Crippen molar-refractivity contribution in [2.24, 2.45) is 4.99 Å². The molecular weight excluding hydrogens is 493 g/mol. The molecular formula is C22H26IN5O2. The minimum atomic E-state index is -0.271. The van der Waals surface area contributed by atoms with E-state index in [-0.39, 0.29) is 35.6 Å². The summed E-state index contributed by atoms with van der Waals surface area (Å²) < 4.78 is 5.09. The summed E-state index contributed by atoms with van der Waals surface area (Å²) in [6.07, 6.45) is 4.10. The normalized spacial score (nSPS) is 10.8. The Balaban J connectivity index is 0.00000320. The van der Waals surface area contributed by atoms with Crippen molar-refractivity contribution in [3.05, 3.63) is 84.1 Å². The molecule has 3 N–H and O–H groups in total. The van der Waals surface area contributed by atoms with Crippen molar-refractivity contribution in [1.29, 1.82) is 0 Å². The Morgan fingerprint density at radius 3 is 2.57 bits per heavy atom. The topological polar surface area (TPSA) is 91.5 Å². The number of guanidine groups is 1. The van der Waals surface area contributed by atoms with E-state index in [1.165, 1.54) is 6.26 Å². The fourth-order valence-corrected chi connectivity index (χ4v) is 2.66.